The molecule has 0 amide bonds. The van der Waals surface area contributed by atoms with Gasteiger partial charge in [0.05, 0.1) is 0 Å². The van der Waals surface area contributed by atoms with Crippen molar-refractivity contribution in [2.24, 2.45) is 5.10 Å². The van der Waals surface area contributed by atoms with Crippen molar-refractivity contribution in [3.8, 4) is 0 Å². The van der Waals surface area contributed by atoms with Crippen molar-refractivity contribution in [3.05, 3.63) is 0 Å². The first-order chi connectivity index (χ1) is 4.52. The van der Waals surface area contributed by atoms with E-state index in [1.165, 1.54) is 6.21 Å². The lowest BCUT2D eigenvalue weighted by Crippen LogP contribution is -2.35. The highest BCUT2D eigenvalue weighted by Crippen LogP contribution is 2.30. The number of hydrogen-bond acceptors (Lipinski definition) is 3. The first-order valence-electron chi connectivity index (χ1n) is 2.59. The van der Waals surface area contributed by atoms with Crippen LogP contribution in [0.5, 0.6) is 0 Å². The third-order valence-electron chi connectivity index (χ3n) is 1.19. The van der Waals surface area contributed by atoms with E-state index in [1.807, 2.05) is 0 Å². The number of nitrogens with zero attached hydrogens (tertiary/aromatic N) is 2. The maximum atomic E-state index is 11.8. The molecule has 1 aliphatic rings. The molecule has 0 aromatic heterocycles. The van der Waals surface area contributed by atoms with Gasteiger partial charge >= 0.3 is 6.18 Å². The average Bonchev–Trinajstić information content (AvgIpc) is 2.11. The van der Waals surface area contributed by atoms with Crippen LogP contribution in [0, 0.1) is 0 Å². The number of hydrogen-bond donors (Lipinski definition) is 1. The van der Waals surface area contributed by atoms with E-state index < -0.39 is 12.2 Å². The molecule has 1 unspecified atom stereocenters. The SMILES string of the molecule is FC(F)(F)C1CC=NN1S. The van der Waals surface area contributed by atoms with Crippen molar-refractivity contribution in [1.29, 1.82) is 0 Å². The molecule has 0 saturated heterocycles. The molecule has 0 aromatic carbocycles. The van der Waals surface area contributed by atoms with Gasteiger partial charge in [0.25, 0.3) is 0 Å². The van der Waals surface area contributed by atoms with E-state index >= 15 is 0 Å². The maximum Gasteiger partial charge on any atom is 0.411 e. The Hall–Kier alpha value is -0.390. The molecule has 0 aliphatic carbocycles. The number of thiol groups is 1. The Morgan fingerprint density at radius 3 is 2.40 bits per heavy atom. The van der Waals surface area contributed by atoms with E-state index in [1.54, 1.807) is 0 Å². The largest absolute Gasteiger partial charge is 0.411 e. The van der Waals surface area contributed by atoms with Gasteiger partial charge in [-0.25, -0.2) is 4.41 Å². The fraction of sp³-hybridized carbons (Fsp3) is 0.750. The molecule has 58 valence electrons. The second kappa shape index (κ2) is 2.34. The van der Waals surface area contributed by atoms with Crippen molar-refractivity contribution in [2.45, 2.75) is 18.6 Å². The number of halogens is 3. The molecule has 0 bridgehead atoms. The Morgan fingerprint density at radius 1 is 1.60 bits per heavy atom. The molecule has 6 heteroatoms. The highest BCUT2D eigenvalue weighted by Gasteiger charge is 2.44. The normalized spacial score (nSPS) is 26.0. The predicted molar refractivity (Wildman–Crippen MR) is 33.8 cm³/mol. The number of hydrazone groups is 1. The van der Waals surface area contributed by atoms with Gasteiger partial charge in [0.1, 0.15) is 0 Å². The highest BCUT2D eigenvalue weighted by molar-refractivity contribution is 7.77. The van der Waals surface area contributed by atoms with Crippen LogP contribution in [0.3, 0.4) is 0 Å². The van der Waals surface area contributed by atoms with Crippen molar-refractivity contribution in [1.82, 2.24) is 4.41 Å². The minimum absolute atomic E-state index is 0.104. The van der Waals surface area contributed by atoms with Gasteiger partial charge in [-0.05, 0) is 12.8 Å². The zero-order valence-electron chi connectivity index (χ0n) is 4.84. The lowest BCUT2D eigenvalue weighted by molar-refractivity contribution is -0.164. The highest BCUT2D eigenvalue weighted by atomic mass is 32.1. The molecule has 10 heavy (non-hydrogen) atoms. The van der Waals surface area contributed by atoms with Crippen LogP contribution in [-0.2, 0) is 0 Å². The van der Waals surface area contributed by atoms with Crippen molar-refractivity contribution >= 4 is 19.0 Å². The van der Waals surface area contributed by atoms with Gasteiger partial charge in [0, 0.05) is 12.6 Å². The molecule has 0 aromatic rings. The molecule has 1 rings (SSSR count). The fourth-order valence-electron chi connectivity index (χ4n) is 0.670. The van der Waals surface area contributed by atoms with E-state index in [0.717, 1.165) is 0 Å². The Labute approximate surface area is 61.2 Å². The van der Waals surface area contributed by atoms with Crippen LogP contribution in [0.4, 0.5) is 13.2 Å². The number of alkyl halides is 3. The zero-order valence-corrected chi connectivity index (χ0v) is 5.73. The van der Waals surface area contributed by atoms with E-state index in [2.05, 4.69) is 17.9 Å². The lowest BCUT2D eigenvalue weighted by atomic mass is 10.2. The van der Waals surface area contributed by atoms with Crippen LogP contribution in [0.25, 0.3) is 0 Å². The van der Waals surface area contributed by atoms with Crippen molar-refractivity contribution < 1.29 is 13.2 Å². The molecule has 0 spiro atoms. The molecule has 1 aliphatic heterocycles. The summed E-state index contributed by atoms with van der Waals surface area (Å²) < 4.78 is 36.1. The molecular formula is C4H5F3N2S. The van der Waals surface area contributed by atoms with Gasteiger partial charge in [-0.2, -0.15) is 18.3 Å². The summed E-state index contributed by atoms with van der Waals surface area (Å²) in [5.41, 5.74) is 0. The Balaban J connectivity index is 2.60. The van der Waals surface area contributed by atoms with Crippen LogP contribution >= 0.6 is 12.8 Å². The predicted octanol–water partition coefficient (Wildman–Crippen LogP) is 1.45. The summed E-state index contributed by atoms with van der Waals surface area (Å²) in [5.74, 6) is 0. The zero-order chi connectivity index (χ0) is 7.78. The molecule has 0 saturated carbocycles. The van der Waals surface area contributed by atoms with Crippen LogP contribution in [0.15, 0.2) is 5.10 Å². The second-order valence-electron chi connectivity index (χ2n) is 1.91. The van der Waals surface area contributed by atoms with Crippen LogP contribution in [0.2, 0.25) is 0 Å². The van der Waals surface area contributed by atoms with E-state index in [0.29, 0.717) is 4.41 Å². The Morgan fingerprint density at radius 2 is 2.20 bits per heavy atom. The van der Waals surface area contributed by atoms with E-state index in [4.69, 9.17) is 0 Å². The standard InChI is InChI=1S/C4H5F3N2S/c5-4(6,7)3-1-2-8-9(3)10/h2-3,10H,1H2. The molecule has 1 heterocycles. The van der Waals surface area contributed by atoms with Gasteiger partial charge in [0.15, 0.2) is 6.04 Å². The van der Waals surface area contributed by atoms with Gasteiger partial charge in [-0.15, -0.1) is 0 Å². The maximum absolute atomic E-state index is 11.8. The molecular weight excluding hydrogens is 165 g/mol. The van der Waals surface area contributed by atoms with E-state index in [9.17, 15) is 13.2 Å². The molecule has 0 radical (unpaired) electrons. The number of rotatable bonds is 0. The molecule has 2 nitrogen and oxygen atoms in total. The summed E-state index contributed by atoms with van der Waals surface area (Å²) in [4.78, 5) is 0. The third-order valence-corrected chi connectivity index (χ3v) is 1.57. The van der Waals surface area contributed by atoms with Gasteiger partial charge in [0.2, 0.25) is 0 Å². The van der Waals surface area contributed by atoms with Gasteiger partial charge < -0.3 is 0 Å². The fourth-order valence-corrected chi connectivity index (χ4v) is 0.968. The summed E-state index contributed by atoms with van der Waals surface area (Å²) in [6.45, 7) is 0. The summed E-state index contributed by atoms with van der Waals surface area (Å²) in [5, 5.41) is 3.34. The van der Waals surface area contributed by atoms with Crippen LogP contribution in [-0.4, -0.2) is 22.8 Å². The molecule has 0 fully saturated rings. The quantitative estimate of drug-likeness (QED) is 0.544. The summed E-state index contributed by atoms with van der Waals surface area (Å²) in [7, 11) is 0. The summed E-state index contributed by atoms with van der Waals surface area (Å²) in [6.07, 6.45) is -3.13. The second-order valence-corrected chi connectivity index (χ2v) is 2.32. The van der Waals surface area contributed by atoms with Crippen LogP contribution < -0.4 is 0 Å². The van der Waals surface area contributed by atoms with Crippen LogP contribution in [0.1, 0.15) is 6.42 Å². The smallest absolute Gasteiger partial charge is 0.230 e. The Kier molecular flexibility index (Phi) is 1.80. The molecule has 0 N–H and O–H groups in total. The minimum atomic E-state index is -4.22. The van der Waals surface area contributed by atoms with Crippen molar-refractivity contribution in [2.75, 3.05) is 0 Å². The topological polar surface area (TPSA) is 15.6 Å². The average molecular weight is 170 g/mol. The first-order valence-corrected chi connectivity index (χ1v) is 2.99. The summed E-state index contributed by atoms with van der Waals surface area (Å²) >= 11 is 3.50. The van der Waals surface area contributed by atoms with Gasteiger partial charge in [-0.1, -0.05) is 0 Å². The minimum Gasteiger partial charge on any atom is -0.230 e. The molecule has 1 atom stereocenters. The lowest BCUT2D eigenvalue weighted by Gasteiger charge is -2.19. The summed E-state index contributed by atoms with van der Waals surface area (Å²) in [6, 6.07) is -1.55. The first kappa shape index (κ1) is 7.71. The van der Waals surface area contributed by atoms with E-state index in [-0.39, 0.29) is 6.42 Å². The van der Waals surface area contributed by atoms with Crippen molar-refractivity contribution in [3.63, 3.8) is 0 Å². The monoisotopic (exact) mass is 170 g/mol. The third kappa shape index (κ3) is 1.36. The Bertz CT molecular complexity index is 155. The van der Waals surface area contributed by atoms with Gasteiger partial charge in [-0.3, -0.25) is 0 Å².